The fraction of sp³-hybridized carbons (Fsp3) is 0.571. The molecule has 1 aliphatic carbocycles. The topological polar surface area (TPSA) is 55.5 Å². The standard InChI is InChI=1S/C14H20FNO2.ClH/c15-12-1-3-13(4-2-12)18-9-11-5-7-14(17,10-16)8-6-11;/h1-4,11,17H,5-10,16H2;1H/t11-,14+;. The molecule has 0 unspecified atom stereocenters. The first-order chi connectivity index (χ1) is 8.61. The first kappa shape index (κ1) is 16.2. The Bertz CT molecular complexity index is 378. The van der Waals surface area contributed by atoms with Gasteiger partial charge in [-0.15, -0.1) is 12.4 Å². The molecule has 3 nitrogen and oxygen atoms in total. The van der Waals surface area contributed by atoms with Crippen molar-refractivity contribution in [2.75, 3.05) is 13.2 Å². The highest BCUT2D eigenvalue weighted by atomic mass is 35.5. The van der Waals surface area contributed by atoms with Gasteiger partial charge in [0.05, 0.1) is 12.2 Å². The van der Waals surface area contributed by atoms with Crippen molar-refractivity contribution in [2.24, 2.45) is 11.7 Å². The molecule has 3 N–H and O–H groups in total. The van der Waals surface area contributed by atoms with Gasteiger partial charge in [0, 0.05) is 6.54 Å². The van der Waals surface area contributed by atoms with Gasteiger partial charge in [-0.3, -0.25) is 0 Å². The molecule has 0 heterocycles. The fourth-order valence-electron chi connectivity index (χ4n) is 2.33. The molecule has 5 heteroatoms. The zero-order valence-electron chi connectivity index (χ0n) is 10.8. The van der Waals surface area contributed by atoms with Gasteiger partial charge in [0.1, 0.15) is 11.6 Å². The number of aliphatic hydroxyl groups is 1. The number of ether oxygens (including phenoxy) is 1. The van der Waals surface area contributed by atoms with E-state index >= 15 is 0 Å². The van der Waals surface area contributed by atoms with Gasteiger partial charge in [-0.05, 0) is 55.9 Å². The second-order valence-electron chi connectivity index (χ2n) is 5.14. The van der Waals surface area contributed by atoms with Gasteiger partial charge in [0.25, 0.3) is 0 Å². The quantitative estimate of drug-likeness (QED) is 0.895. The summed E-state index contributed by atoms with van der Waals surface area (Å²) < 4.78 is 18.3. The SMILES string of the molecule is Cl.NC[C@]1(O)CC[C@@H](COc2ccc(F)cc2)CC1. The van der Waals surface area contributed by atoms with Crippen molar-refractivity contribution >= 4 is 12.4 Å². The Morgan fingerprint density at radius 1 is 1.26 bits per heavy atom. The highest BCUT2D eigenvalue weighted by molar-refractivity contribution is 5.85. The molecule has 1 aromatic carbocycles. The Balaban J connectivity index is 0.00000180. The number of halogens is 2. The Morgan fingerprint density at radius 2 is 1.84 bits per heavy atom. The van der Waals surface area contributed by atoms with Gasteiger partial charge in [-0.1, -0.05) is 0 Å². The molecule has 0 radical (unpaired) electrons. The Hall–Kier alpha value is -0.840. The van der Waals surface area contributed by atoms with Crippen LogP contribution in [-0.4, -0.2) is 23.9 Å². The summed E-state index contributed by atoms with van der Waals surface area (Å²) in [6.45, 7) is 0.949. The molecular formula is C14H21ClFNO2. The highest BCUT2D eigenvalue weighted by Crippen LogP contribution is 2.31. The lowest BCUT2D eigenvalue weighted by atomic mass is 9.79. The molecule has 1 fully saturated rings. The van der Waals surface area contributed by atoms with E-state index < -0.39 is 5.60 Å². The summed E-state index contributed by atoms with van der Waals surface area (Å²) >= 11 is 0. The molecule has 108 valence electrons. The average molecular weight is 290 g/mol. The van der Waals surface area contributed by atoms with Crippen LogP contribution in [0.3, 0.4) is 0 Å². The van der Waals surface area contributed by atoms with E-state index in [4.69, 9.17) is 10.5 Å². The summed E-state index contributed by atoms with van der Waals surface area (Å²) in [5.74, 6) is 0.881. The molecule has 19 heavy (non-hydrogen) atoms. The fourth-order valence-corrected chi connectivity index (χ4v) is 2.33. The van der Waals surface area contributed by atoms with Crippen LogP contribution in [-0.2, 0) is 0 Å². The second-order valence-corrected chi connectivity index (χ2v) is 5.14. The molecule has 0 amide bonds. The van der Waals surface area contributed by atoms with Crippen molar-refractivity contribution in [3.8, 4) is 5.75 Å². The van der Waals surface area contributed by atoms with Gasteiger partial charge < -0.3 is 15.6 Å². The van der Waals surface area contributed by atoms with Gasteiger partial charge in [-0.25, -0.2) is 4.39 Å². The van der Waals surface area contributed by atoms with Crippen LogP contribution in [0.25, 0.3) is 0 Å². The largest absolute Gasteiger partial charge is 0.493 e. The summed E-state index contributed by atoms with van der Waals surface area (Å²) in [7, 11) is 0. The zero-order chi connectivity index (χ0) is 13.0. The molecule has 0 aliphatic heterocycles. The van der Waals surface area contributed by atoms with Crippen molar-refractivity contribution in [3.63, 3.8) is 0 Å². The average Bonchev–Trinajstić information content (AvgIpc) is 2.40. The third-order valence-electron chi connectivity index (χ3n) is 3.72. The predicted molar refractivity (Wildman–Crippen MR) is 75.1 cm³/mol. The summed E-state index contributed by atoms with van der Waals surface area (Å²) in [4.78, 5) is 0. The van der Waals surface area contributed by atoms with E-state index in [1.165, 1.54) is 12.1 Å². The maximum absolute atomic E-state index is 12.7. The molecule has 0 aromatic heterocycles. The molecule has 0 atom stereocenters. The van der Waals surface area contributed by atoms with Crippen LogP contribution >= 0.6 is 12.4 Å². The van der Waals surface area contributed by atoms with E-state index in [1.807, 2.05) is 0 Å². The van der Waals surface area contributed by atoms with Crippen molar-refractivity contribution in [1.82, 2.24) is 0 Å². The monoisotopic (exact) mass is 289 g/mol. The van der Waals surface area contributed by atoms with E-state index in [0.717, 1.165) is 25.7 Å². The van der Waals surface area contributed by atoms with Crippen LogP contribution in [0.15, 0.2) is 24.3 Å². The summed E-state index contributed by atoms with van der Waals surface area (Å²) in [5.41, 5.74) is 4.87. The molecular weight excluding hydrogens is 269 g/mol. The van der Waals surface area contributed by atoms with Gasteiger partial charge in [0.15, 0.2) is 0 Å². The van der Waals surface area contributed by atoms with Crippen LogP contribution in [0, 0.1) is 11.7 Å². The van der Waals surface area contributed by atoms with Crippen molar-refractivity contribution in [3.05, 3.63) is 30.1 Å². The number of hydrogen-bond acceptors (Lipinski definition) is 3. The summed E-state index contributed by atoms with van der Waals surface area (Å²) in [6.07, 6.45) is 3.33. The third-order valence-corrected chi connectivity index (χ3v) is 3.72. The Kier molecular flexibility index (Phi) is 6.04. The van der Waals surface area contributed by atoms with E-state index in [0.29, 0.717) is 24.8 Å². The van der Waals surface area contributed by atoms with Crippen LogP contribution in [0.4, 0.5) is 4.39 Å². The normalized spacial score (nSPS) is 26.6. The summed E-state index contributed by atoms with van der Waals surface area (Å²) in [6, 6.07) is 6.05. The first-order valence-electron chi connectivity index (χ1n) is 6.42. The first-order valence-corrected chi connectivity index (χ1v) is 6.42. The number of nitrogens with two attached hydrogens (primary N) is 1. The van der Waals surface area contributed by atoms with Crippen LogP contribution < -0.4 is 10.5 Å². The lowest BCUT2D eigenvalue weighted by molar-refractivity contribution is -0.00694. The Morgan fingerprint density at radius 3 is 2.37 bits per heavy atom. The van der Waals surface area contributed by atoms with E-state index in [-0.39, 0.29) is 18.2 Å². The number of hydrogen-bond donors (Lipinski definition) is 2. The van der Waals surface area contributed by atoms with Crippen LogP contribution in [0.5, 0.6) is 5.75 Å². The molecule has 0 bridgehead atoms. The maximum Gasteiger partial charge on any atom is 0.123 e. The van der Waals surface area contributed by atoms with Crippen LogP contribution in [0.1, 0.15) is 25.7 Å². The molecule has 0 spiro atoms. The smallest absolute Gasteiger partial charge is 0.123 e. The van der Waals surface area contributed by atoms with E-state index in [9.17, 15) is 9.50 Å². The highest BCUT2D eigenvalue weighted by Gasteiger charge is 2.31. The predicted octanol–water partition coefficient (Wildman–Crippen LogP) is 2.51. The summed E-state index contributed by atoms with van der Waals surface area (Å²) in [5, 5.41) is 10.0. The lowest BCUT2D eigenvalue weighted by Gasteiger charge is -2.34. The number of rotatable bonds is 4. The molecule has 1 aromatic rings. The Labute approximate surface area is 119 Å². The second kappa shape index (κ2) is 7.08. The zero-order valence-corrected chi connectivity index (χ0v) is 11.7. The maximum atomic E-state index is 12.7. The third kappa shape index (κ3) is 4.64. The van der Waals surface area contributed by atoms with Crippen LogP contribution in [0.2, 0.25) is 0 Å². The lowest BCUT2D eigenvalue weighted by Crippen LogP contribution is -2.41. The van der Waals surface area contributed by atoms with Gasteiger partial charge in [0.2, 0.25) is 0 Å². The van der Waals surface area contributed by atoms with E-state index in [1.54, 1.807) is 12.1 Å². The van der Waals surface area contributed by atoms with Crippen molar-refractivity contribution in [2.45, 2.75) is 31.3 Å². The van der Waals surface area contributed by atoms with Crippen molar-refractivity contribution < 1.29 is 14.2 Å². The van der Waals surface area contributed by atoms with Crippen molar-refractivity contribution in [1.29, 1.82) is 0 Å². The molecule has 1 saturated carbocycles. The van der Waals surface area contributed by atoms with Gasteiger partial charge >= 0.3 is 0 Å². The minimum atomic E-state index is -0.674. The molecule has 2 rings (SSSR count). The van der Waals surface area contributed by atoms with E-state index in [2.05, 4.69) is 0 Å². The molecule has 1 aliphatic rings. The minimum Gasteiger partial charge on any atom is -0.493 e. The number of benzene rings is 1. The molecule has 0 saturated heterocycles. The van der Waals surface area contributed by atoms with Gasteiger partial charge in [-0.2, -0.15) is 0 Å². The minimum absolute atomic E-state index is 0.